The van der Waals surface area contributed by atoms with Crippen molar-refractivity contribution in [2.75, 3.05) is 6.54 Å². The summed E-state index contributed by atoms with van der Waals surface area (Å²) in [5, 5.41) is 3.33. The standard InChI is InChI=1S/C11H22N2O/c1-3-7-13-11(10(12)14)6-5-9(4-2)8-11/h9,13H,3-8H2,1-2H3,(H2,12,14). The molecule has 1 rings (SSSR count). The fourth-order valence-corrected chi connectivity index (χ4v) is 2.33. The number of carbonyl (C=O) groups is 1. The van der Waals surface area contributed by atoms with Gasteiger partial charge >= 0.3 is 0 Å². The van der Waals surface area contributed by atoms with Crippen LogP contribution in [-0.4, -0.2) is 18.0 Å². The molecule has 1 aliphatic rings. The zero-order chi connectivity index (χ0) is 10.6. The maximum atomic E-state index is 11.5. The van der Waals surface area contributed by atoms with Crippen LogP contribution in [0.3, 0.4) is 0 Å². The van der Waals surface area contributed by atoms with Gasteiger partial charge < -0.3 is 11.1 Å². The van der Waals surface area contributed by atoms with Crippen LogP contribution in [0.4, 0.5) is 0 Å². The van der Waals surface area contributed by atoms with E-state index in [0.717, 1.165) is 38.6 Å². The Labute approximate surface area is 86.4 Å². The molecular formula is C11H22N2O. The van der Waals surface area contributed by atoms with Gasteiger partial charge in [-0.05, 0) is 38.1 Å². The molecule has 1 fully saturated rings. The lowest BCUT2D eigenvalue weighted by Crippen LogP contribution is -2.53. The number of rotatable bonds is 5. The third-order valence-corrected chi connectivity index (χ3v) is 3.38. The van der Waals surface area contributed by atoms with E-state index in [4.69, 9.17) is 5.73 Å². The van der Waals surface area contributed by atoms with Gasteiger partial charge in [-0.25, -0.2) is 0 Å². The van der Waals surface area contributed by atoms with Gasteiger partial charge in [0.15, 0.2) is 0 Å². The zero-order valence-corrected chi connectivity index (χ0v) is 9.31. The van der Waals surface area contributed by atoms with Gasteiger partial charge in [-0.15, -0.1) is 0 Å². The van der Waals surface area contributed by atoms with Crippen molar-refractivity contribution in [3.8, 4) is 0 Å². The minimum atomic E-state index is -0.392. The van der Waals surface area contributed by atoms with Crippen molar-refractivity contribution in [1.82, 2.24) is 5.32 Å². The molecule has 0 aromatic carbocycles. The molecule has 2 atom stereocenters. The molecule has 0 aliphatic heterocycles. The highest BCUT2D eigenvalue weighted by Gasteiger charge is 2.42. The van der Waals surface area contributed by atoms with Gasteiger partial charge in [-0.3, -0.25) is 4.79 Å². The molecule has 14 heavy (non-hydrogen) atoms. The van der Waals surface area contributed by atoms with Gasteiger partial charge in [-0.2, -0.15) is 0 Å². The smallest absolute Gasteiger partial charge is 0.237 e. The molecule has 2 unspecified atom stereocenters. The second kappa shape index (κ2) is 4.78. The van der Waals surface area contributed by atoms with Crippen LogP contribution in [0.1, 0.15) is 46.0 Å². The molecule has 0 aromatic rings. The van der Waals surface area contributed by atoms with Crippen molar-refractivity contribution >= 4 is 5.91 Å². The van der Waals surface area contributed by atoms with Gasteiger partial charge in [-0.1, -0.05) is 20.3 Å². The molecule has 0 saturated heterocycles. The van der Waals surface area contributed by atoms with Gasteiger partial charge in [0.25, 0.3) is 0 Å². The van der Waals surface area contributed by atoms with Gasteiger partial charge in [0.05, 0.1) is 5.54 Å². The maximum absolute atomic E-state index is 11.5. The average Bonchev–Trinajstić information content (AvgIpc) is 2.59. The minimum absolute atomic E-state index is 0.165. The summed E-state index contributed by atoms with van der Waals surface area (Å²) in [7, 11) is 0. The maximum Gasteiger partial charge on any atom is 0.237 e. The lowest BCUT2D eigenvalue weighted by molar-refractivity contribution is -0.124. The summed E-state index contributed by atoms with van der Waals surface area (Å²) in [4.78, 5) is 11.5. The molecule has 1 amide bonds. The fraction of sp³-hybridized carbons (Fsp3) is 0.909. The van der Waals surface area contributed by atoms with Crippen molar-refractivity contribution in [3.05, 3.63) is 0 Å². The molecule has 3 heteroatoms. The number of nitrogens with one attached hydrogen (secondary N) is 1. The largest absolute Gasteiger partial charge is 0.368 e. The first-order chi connectivity index (χ1) is 6.64. The van der Waals surface area contributed by atoms with E-state index in [2.05, 4.69) is 19.2 Å². The second-order valence-corrected chi connectivity index (χ2v) is 4.39. The van der Waals surface area contributed by atoms with E-state index in [1.54, 1.807) is 0 Å². The van der Waals surface area contributed by atoms with Crippen LogP contribution in [0.25, 0.3) is 0 Å². The van der Waals surface area contributed by atoms with E-state index in [9.17, 15) is 4.79 Å². The Morgan fingerprint density at radius 1 is 1.57 bits per heavy atom. The monoisotopic (exact) mass is 198 g/mol. The summed E-state index contributed by atoms with van der Waals surface area (Å²) < 4.78 is 0. The first-order valence-electron chi connectivity index (χ1n) is 5.69. The predicted molar refractivity (Wildman–Crippen MR) is 57.9 cm³/mol. The molecule has 82 valence electrons. The van der Waals surface area contributed by atoms with Gasteiger partial charge in [0, 0.05) is 0 Å². The number of nitrogens with two attached hydrogens (primary N) is 1. The van der Waals surface area contributed by atoms with Crippen molar-refractivity contribution in [1.29, 1.82) is 0 Å². The van der Waals surface area contributed by atoms with E-state index in [1.165, 1.54) is 0 Å². The molecule has 1 saturated carbocycles. The third-order valence-electron chi connectivity index (χ3n) is 3.38. The van der Waals surface area contributed by atoms with Crippen LogP contribution in [0, 0.1) is 5.92 Å². The van der Waals surface area contributed by atoms with Crippen LogP contribution in [-0.2, 0) is 4.79 Å². The van der Waals surface area contributed by atoms with E-state index in [-0.39, 0.29) is 5.91 Å². The number of hydrogen-bond donors (Lipinski definition) is 2. The first kappa shape index (κ1) is 11.5. The summed E-state index contributed by atoms with van der Waals surface area (Å²) in [6.45, 7) is 5.18. The zero-order valence-electron chi connectivity index (χ0n) is 9.31. The Kier molecular flexibility index (Phi) is 3.93. The predicted octanol–water partition coefficient (Wildman–Crippen LogP) is 1.42. The topological polar surface area (TPSA) is 55.1 Å². The van der Waals surface area contributed by atoms with E-state index in [0.29, 0.717) is 5.92 Å². The lowest BCUT2D eigenvalue weighted by Gasteiger charge is -2.27. The summed E-state index contributed by atoms with van der Waals surface area (Å²) in [6.07, 6.45) is 5.19. The molecule has 0 aromatic heterocycles. The molecule has 1 aliphatic carbocycles. The Hall–Kier alpha value is -0.570. The molecular weight excluding hydrogens is 176 g/mol. The molecule has 0 heterocycles. The molecule has 0 spiro atoms. The fourth-order valence-electron chi connectivity index (χ4n) is 2.33. The number of amides is 1. The summed E-state index contributed by atoms with van der Waals surface area (Å²) >= 11 is 0. The van der Waals surface area contributed by atoms with Crippen LogP contribution < -0.4 is 11.1 Å². The normalized spacial score (nSPS) is 32.0. The number of primary amides is 1. The van der Waals surface area contributed by atoms with Gasteiger partial charge in [0.2, 0.25) is 5.91 Å². The van der Waals surface area contributed by atoms with Crippen LogP contribution >= 0.6 is 0 Å². The first-order valence-corrected chi connectivity index (χ1v) is 5.69. The van der Waals surface area contributed by atoms with E-state index >= 15 is 0 Å². The van der Waals surface area contributed by atoms with Crippen molar-refractivity contribution in [2.45, 2.75) is 51.5 Å². The van der Waals surface area contributed by atoms with Gasteiger partial charge in [0.1, 0.15) is 0 Å². The quantitative estimate of drug-likeness (QED) is 0.702. The Balaban J connectivity index is 2.60. The summed E-state index contributed by atoms with van der Waals surface area (Å²) in [5.74, 6) is 0.508. The van der Waals surface area contributed by atoms with Crippen LogP contribution in [0.2, 0.25) is 0 Å². The van der Waals surface area contributed by atoms with E-state index in [1.807, 2.05) is 0 Å². The van der Waals surface area contributed by atoms with Crippen LogP contribution in [0.15, 0.2) is 0 Å². The molecule has 0 radical (unpaired) electrons. The Morgan fingerprint density at radius 2 is 2.29 bits per heavy atom. The van der Waals surface area contributed by atoms with Crippen molar-refractivity contribution in [3.63, 3.8) is 0 Å². The van der Waals surface area contributed by atoms with E-state index < -0.39 is 5.54 Å². The Morgan fingerprint density at radius 3 is 2.71 bits per heavy atom. The molecule has 3 N–H and O–H groups in total. The number of carbonyl (C=O) groups excluding carboxylic acids is 1. The highest BCUT2D eigenvalue weighted by molar-refractivity contribution is 5.85. The highest BCUT2D eigenvalue weighted by Crippen LogP contribution is 2.36. The average molecular weight is 198 g/mol. The molecule has 0 bridgehead atoms. The lowest BCUT2D eigenvalue weighted by atomic mass is 9.94. The SMILES string of the molecule is CCCNC1(C(N)=O)CCC(CC)C1. The second-order valence-electron chi connectivity index (χ2n) is 4.39. The minimum Gasteiger partial charge on any atom is -0.368 e. The van der Waals surface area contributed by atoms with Crippen molar-refractivity contribution in [2.24, 2.45) is 11.7 Å². The van der Waals surface area contributed by atoms with Crippen LogP contribution in [0.5, 0.6) is 0 Å². The number of hydrogen-bond acceptors (Lipinski definition) is 2. The Bertz CT molecular complexity index is 205. The van der Waals surface area contributed by atoms with Crippen molar-refractivity contribution < 1.29 is 4.79 Å². The highest BCUT2D eigenvalue weighted by atomic mass is 16.1. The summed E-state index contributed by atoms with van der Waals surface area (Å²) in [5.41, 5.74) is 5.10. The third kappa shape index (κ3) is 2.27. The molecule has 3 nitrogen and oxygen atoms in total. The summed E-state index contributed by atoms with van der Waals surface area (Å²) in [6, 6.07) is 0.